The van der Waals surface area contributed by atoms with Crippen molar-refractivity contribution in [1.82, 2.24) is 14.9 Å². The molecule has 6 heteroatoms. The standard InChI is InChI=1S/C23H23N5O/c1-15-9-10-19-21(27-18-8-5-7-17(12-18)13-24)20(14-25-22(19)26-15)23(29)28-11-4-3-6-16(28)2/h5,7-10,12,14,16H,3-4,6,11H2,1-2H3,(H,25,26,27). The lowest BCUT2D eigenvalue weighted by Gasteiger charge is -2.34. The van der Waals surface area contributed by atoms with Gasteiger partial charge in [0.1, 0.15) is 0 Å². The quantitative estimate of drug-likeness (QED) is 0.714. The van der Waals surface area contributed by atoms with E-state index in [0.717, 1.165) is 42.6 Å². The number of pyridine rings is 2. The van der Waals surface area contributed by atoms with Crippen molar-refractivity contribution in [2.45, 2.75) is 39.2 Å². The number of nitriles is 1. The van der Waals surface area contributed by atoms with Gasteiger partial charge in [-0.15, -0.1) is 0 Å². The largest absolute Gasteiger partial charge is 0.354 e. The fraction of sp³-hybridized carbons (Fsp3) is 0.304. The molecule has 1 N–H and O–H groups in total. The maximum Gasteiger partial charge on any atom is 0.257 e. The molecule has 3 aromatic rings. The number of carbonyl (C=O) groups excluding carboxylic acids is 1. The molecular formula is C23H23N5O. The molecule has 0 bridgehead atoms. The van der Waals surface area contributed by atoms with Gasteiger partial charge < -0.3 is 10.2 Å². The molecule has 0 aliphatic carbocycles. The third-order valence-electron chi connectivity index (χ3n) is 5.42. The van der Waals surface area contributed by atoms with E-state index in [9.17, 15) is 10.1 Å². The van der Waals surface area contributed by atoms with Gasteiger partial charge in [-0.3, -0.25) is 4.79 Å². The lowest BCUT2D eigenvalue weighted by Crippen LogP contribution is -2.42. The number of hydrogen-bond acceptors (Lipinski definition) is 5. The summed E-state index contributed by atoms with van der Waals surface area (Å²) >= 11 is 0. The van der Waals surface area contributed by atoms with Crippen molar-refractivity contribution in [3.63, 3.8) is 0 Å². The average molecular weight is 385 g/mol. The molecule has 4 rings (SSSR count). The van der Waals surface area contributed by atoms with Crippen LogP contribution in [0.2, 0.25) is 0 Å². The van der Waals surface area contributed by atoms with Crippen LogP contribution >= 0.6 is 0 Å². The van der Waals surface area contributed by atoms with E-state index in [-0.39, 0.29) is 11.9 Å². The molecule has 146 valence electrons. The Labute approximate surface area is 170 Å². The maximum absolute atomic E-state index is 13.4. The monoisotopic (exact) mass is 385 g/mol. The number of carbonyl (C=O) groups is 1. The lowest BCUT2D eigenvalue weighted by molar-refractivity contribution is 0.0636. The second kappa shape index (κ2) is 7.88. The highest BCUT2D eigenvalue weighted by Crippen LogP contribution is 2.31. The number of nitrogens with zero attached hydrogens (tertiary/aromatic N) is 4. The summed E-state index contributed by atoms with van der Waals surface area (Å²) in [6.07, 6.45) is 4.80. The molecule has 0 spiro atoms. The van der Waals surface area contributed by atoms with Crippen molar-refractivity contribution in [2.75, 3.05) is 11.9 Å². The predicted molar refractivity (Wildman–Crippen MR) is 113 cm³/mol. The number of piperidine rings is 1. The molecule has 1 aliphatic heterocycles. The summed E-state index contributed by atoms with van der Waals surface area (Å²) in [6, 6.07) is 13.4. The summed E-state index contributed by atoms with van der Waals surface area (Å²) in [5.41, 5.74) is 3.97. The van der Waals surface area contributed by atoms with Gasteiger partial charge in [-0.2, -0.15) is 5.26 Å². The first-order valence-corrected chi connectivity index (χ1v) is 9.91. The molecule has 1 atom stereocenters. The third kappa shape index (κ3) is 3.77. The highest BCUT2D eigenvalue weighted by Gasteiger charge is 2.27. The van der Waals surface area contributed by atoms with Crippen LogP contribution in [-0.2, 0) is 0 Å². The molecule has 0 saturated carbocycles. The second-order valence-electron chi connectivity index (χ2n) is 7.53. The zero-order valence-corrected chi connectivity index (χ0v) is 16.6. The minimum Gasteiger partial charge on any atom is -0.354 e. The summed E-state index contributed by atoms with van der Waals surface area (Å²) in [6.45, 7) is 4.77. The van der Waals surface area contributed by atoms with E-state index < -0.39 is 0 Å². The van der Waals surface area contributed by atoms with Crippen LogP contribution < -0.4 is 5.32 Å². The Bertz CT molecular complexity index is 1120. The number of nitrogens with one attached hydrogen (secondary N) is 1. The van der Waals surface area contributed by atoms with Crippen molar-refractivity contribution in [2.24, 2.45) is 0 Å². The molecule has 2 aromatic heterocycles. The summed E-state index contributed by atoms with van der Waals surface area (Å²) in [5.74, 6) is -0.0221. The zero-order chi connectivity index (χ0) is 20.4. The zero-order valence-electron chi connectivity index (χ0n) is 16.6. The van der Waals surface area contributed by atoms with Crippen LogP contribution in [0.3, 0.4) is 0 Å². The number of hydrogen-bond donors (Lipinski definition) is 1. The van der Waals surface area contributed by atoms with Crippen LogP contribution in [0.25, 0.3) is 11.0 Å². The van der Waals surface area contributed by atoms with Gasteiger partial charge >= 0.3 is 0 Å². The predicted octanol–water partition coefficient (Wildman–Crippen LogP) is 4.57. The van der Waals surface area contributed by atoms with Gasteiger partial charge in [-0.25, -0.2) is 9.97 Å². The Morgan fingerprint density at radius 1 is 1.28 bits per heavy atom. The molecular weight excluding hydrogens is 362 g/mol. The summed E-state index contributed by atoms with van der Waals surface area (Å²) in [5, 5.41) is 13.4. The van der Waals surface area contributed by atoms with E-state index in [2.05, 4.69) is 28.3 Å². The van der Waals surface area contributed by atoms with Crippen molar-refractivity contribution in [1.29, 1.82) is 5.26 Å². The van der Waals surface area contributed by atoms with Crippen LogP contribution in [0.1, 0.15) is 47.8 Å². The van der Waals surface area contributed by atoms with E-state index in [1.807, 2.05) is 36.1 Å². The van der Waals surface area contributed by atoms with Gasteiger partial charge in [0.05, 0.1) is 22.9 Å². The fourth-order valence-electron chi connectivity index (χ4n) is 3.83. The molecule has 1 amide bonds. The summed E-state index contributed by atoms with van der Waals surface area (Å²) < 4.78 is 0. The van der Waals surface area contributed by atoms with Crippen LogP contribution in [0.4, 0.5) is 11.4 Å². The first kappa shape index (κ1) is 18.9. The molecule has 0 radical (unpaired) electrons. The highest BCUT2D eigenvalue weighted by atomic mass is 16.2. The maximum atomic E-state index is 13.4. The second-order valence-corrected chi connectivity index (χ2v) is 7.53. The van der Waals surface area contributed by atoms with Gasteiger partial charge in [-0.1, -0.05) is 6.07 Å². The van der Waals surface area contributed by atoms with Crippen LogP contribution in [0.5, 0.6) is 0 Å². The Morgan fingerprint density at radius 3 is 2.93 bits per heavy atom. The van der Waals surface area contributed by atoms with E-state index in [1.54, 1.807) is 18.3 Å². The molecule has 1 saturated heterocycles. The summed E-state index contributed by atoms with van der Waals surface area (Å²) in [4.78, 5) is 24.3. The first-order chi connectivity index (χ1) is 14.1. The molecule has 1 aromatic carbocycles. The summed E-state index contributed by atoms with van der Waals surface area (Å²) in [7, 11) is 0. The van der Waals surface area contributed by atoms with E-state index in [4.69, 9.17) is 0 Å². The third-order valence-corrected chi connectivity index (χ3v) is 5.42. The average Bonchev–Trinajstić information content (AvgIpc) is 2.74. The smallest absolute Gasteiger partial charge is 0.257 e. The van der Waals surface area contributed by atoms with Gasteiger partial charge in [0.15, 0.2) is 5.65 Å². The van der Waals surface area contributed by atoms with E-state index in [0.29, 0.717) is 22.5 Å². The number of fused-ring (bicyclic) bond motifs is 1. The molecule has 1 fully saturated rings. The number of rotatable bonds is 3. The van der Waals surface area contributed by atoms with Crippen molar-refractivity contribution in [3.8, 4) is 6.07 Å². The Kier molecular flexibility index (Phi) is 5.13. The number of aryl methyl sites for hydroxylation is 1. The van der Waals surface area contributed by atoms with Gasteiger partial charge in [0.25, 0.3) is 5.91 Å². The lowest BCUT2D eigenvalue weighted by atomic mass is 10.0. The fourth-order valence-corrected chi connectivity index (χ4v) is 3.83. The van der Waals surface area contributed by atoms with Crippen LogP contribution in [0.15, 0.2) is 42.6 Å². The molecule has 1 aliphatic rings. The van der Waals surface area contributed by atoms with Crippen molar-refractivity contribution in [3.05, 3.63) is 59.4 Å². The highest BCUT2D eigenvalue weighted by molar-refractivity contribution is 6.07. The Hall–Kier alpha value is -3.46. The van der Waals surface area contributed by atoms with Crippen molar-refractivity contribution < 1.29 is 4.79 Å². The van der Waals surface area contributed by atoms with Gasteiger partial charge in [-0.05, 0) is 63.4 Å². The van der Waals surface area contributed by atoms with Gasteiger partial charge in [0, 0.05) is 35.6 Å². The minimum atomic E-state index is -0.0221. The molecule has 1 unspecified atom stereocenters. The number of aromatic nitrogens is 2. The molecule has 6 nitrogen and oxygen atoms in total. The number of amides is 1. The number of likely N-dealkylation sites (tertiary alicyclic amines) is 1. The minimum absolute atomic E-state index is 0.0221. The number of anilines is 2. The first-order valence-electron chi connectivity index (χ1n) is 9.91. The Balaban J connectivity index is 1.83. The van der Waals surface area contributed by atoms with E-state index >= 15 is 0 Å². The Morgan fingerprint density at radius 2 is 2.14 bits per heavy atom. The molecule has 3 heterocycles. The number of benzene rings is 1. The topological polar surface area (TPSA) is 81.9 Å². The van der Waals surface area contributed by atoms with Crippen LogP contribution in [-0.4, -0.2) is 33.4 Å². The normalized spacial score (nSPS) is 16.4. The van der Waals surface area contributed by atoms with Crippen LogP contribution in [0, 0.1) is 18.3 Å². The van der Waals surface area contributed by atoms with Crippen molar-refractivity contribution >= 4 is 28.3 Å². The van der Waals surface area contributed by atoms with Gasteiger partial charge in [0.2, 0.25) is 0 Å². The van der Waals surface area contributed by atoms with E-state index in [1.165, 1.54) is 0 Å². The molecule has 29 heavy (non-hydrogen) atoms. The SMILES string of the molecule is Cc1ccc2c(Nc3cccc(C#N)c3)c(C(=O)N3CCCCC3C)cnc2n1.